The molecule has 0 amide bonds. The van der Waals surface area contributed by atoms with E-state index >= 15 is 0 Å². The molecule has 1 saturated heterocycles. The molecule has 0 aromatic heterocycles. The van der Waals surface area contributed by atoms with Gasteiger partial charge in [-0.1, -0.05) is 12.2 Å². The Kier molecular flexibility index (Phi) is 3.03. The van der Waals surface area contributed by atoms with Gasteiger partial charge in [-0.3, -0.25) is 0 Å². The molecule has 0 aromatic carbocycles. The van der Waals surface area contributed by atoms with E-state index in [1.165, 1.54) is 25.0 Å². The smallest absolute Gasteiger partial charge is 0.0323 e. The van der Waals surface area contributed by atoms with Crippen LogP contribution in [0.2, 0.25) is 0 Å². The van der Waals surface area contributed by atoms with Gasteiger partial charge >= 0.3 is 0 Å². The lowest BCUT2D eigenvalue weighted by atomic mass is 10.2. The Balaban J connectivity index is 1.99. The molecular formula is C11H18N2. The summed E-state index contributed by atoms with van der Waals surface area (Å²) >= 11 is 0. The SMILES string of the molecule is C1=CC(N2CCNCC2)=CCCC1. The third-order valence-corrected chi connectivity index (χ3v) is 2.70. The van der Waals surface area contributed by atoms with Crippen LogP contribution in [0, 0.1) is 0 Å². The quantitative estimate of drug-likeness (QED) is 0.655. The molecule has 1 heterocycles. The van der Waals surface area contributed by atoms with E-state index < -0.39 is 0 Å². The van der Waals surface area contributed by atoms with Crippen LogP contribution in [-0.4, -0.2) is 31.1 Å². The van der Waals surface area contributed by atoms with Gasteiger partial charge in [0.2, 0.25) is 0 Å². The standard InChI is InChI=1S/C11H18N2/c1-2-4-6-11(5-3-1)13-9-7-12-8-10-13/h3,5-6,12H,1-2,4,7-10H2. The second kappa shape index (κ2) is 4.47. The van der Waals surface area contributed by atoms with Crippen LogP contribution in [0.5, 0.6) is 0 Å². The maximum Gasteiger partial charge on any atom is 0.0323 e. The van der Waals surface area contributed by atoms with Crippen LogP contribution in [0.4, 0.5) is 0 Å². The van der Waals surface area contributed by atoms with Gasteiger partial charge in [0, 0.05) is 31.9 Å². The second-order valence-corrected chi connectivity index (χ2v) is 3.70. The largest absolute Gasteiger partial charge is 0.369 e. The zero-order valence-corrected chi connectivity index (χ0v) is 8.13. The Morgan fingerprint density at radius 3 is 2.85 bits per heavy atom. The fourth-order valence-corrected chi connectivity index (χ4v) is 1.92. The minimum atomic E-state index is 1.13. The number of hydrogen-bond acceptors (Lipinski definition) is 2. The monoisotopic (exact) mass is 178 g/mol. The van der Waals surface area contributed by atoms with E-state index in [9.17, 15) is 0 Å². The fourth-order valence-electron chi connectivity index (χ4n) is 1.92. The summed E-state index contributed by atoms with van der Waals surface area (Å²) in [6.45, 7) is 4.59. The number of allylic oxidation sites excluding steroid dienone is 3. The van der Waals surface area contributed by atoms with E-state index in [0.29, 0.717) is 0 Å². The van der Waals surface area contributed by atoms with E-state index in [-0.39, 0.29) is 0 Å². The first-order valence-corrected chi connectivity index (χ1v) is 5.29. The Labute approximate surface area is 80.3 Å². The number of piperazine rings is 1. The van der Waals surface area contributed by atoms with Crippen LogP contribution in [0.1, 0.15) is 19.3 Å². The van der Waals surface area contributed by atoms with Crippen LogP contribution in [0.25, 0.3) is 0 Å². The van der Waals surface area contributed by atoms with Crippen LogP contribution >= 0.6 is 0 Å². The molecule has 0 atom stereocenters. The summed E-state index contributed by atoms with van der Waals surface area (Å²) in [6.07, 6.45) is 10.8. The maximum absolute atomic E-state index is 3.38. The molecule has 2 aliphatic rings. The highest BCUT2D eigenvalue weighted by atomic mass is 15.2. The molecule has 2 nitrogen and oxygen atoms in total. The number of hydrogen-bond donors (Lipinski definition) is 1. The van der Waals surface area contributed by atoms with E-state index in [1.807, 2.05) is 0 Å². The molecule has 0 spiro atoms. The Bertz CT molecular complexity index is 212. The van der Waals surface area contributed by atoms with E-state index in [1.54, 1.807) is 0 Å². The van der Waals surface area contributed by atoms with Gasteiger partial charge in [-0.05, 0) is 25.3 Å². The highest BCUT2D eigenvalue weighted by Crippen LogP contribution is 2.14. The van der Waals surface area contributed by atoms with Crippen molar-refractivity contribution >= 4 is 0 Å². The highest BCUT2D eigenvalue weighted by Gasteiger charge is 2.10. The molecule has 0 aromatic rings. The number of nitrogens with one attached hydrogen (secondary N) is 1. The van der Waals surface area contributed by atoms with Crippen molar-refractivity contribution < 1.29 is 0 Å². The van der Waals surface area contributed by atoms with Crippen LogP contribution in [0.15, 0.2) is 23.9 Å². The number of rotatable bonds is 1. The minimum absolute atomic E-state index is 1.13. The average Bonchev–Trinajstić information content (AvgIpc) is 2.47. The fraction of sp³-hybridized carbons (Fsp3) is 0.636. The molecule has 72 valence electrons. The van der Waals surface area contributed by atoms with Crippen molar-refractivity contribution in [1.29, 1.82) is 0 Å². The van der Waals surface area contributed by atoms with Crippen LogP contribution in [-0.2, 0) is 0 Å². The Morgan fingerprint density at radius 1 is 1.15 bits per heavy atom. The summed E-state index contributed by atoms with van der Waals surface area (Å²) in [5.41, 5.74) is 1.44. The van der Waals surface area contributed by atoms with E-state index in [4.69, 9.17) is 0 Å². The lowest BCUT2D eigenvalue weighted by Gasteiger charge is -2.30. The van der Waals surface area contributed by atoms with Crippen molar-refractivity contribution in [2.24, 2.45) is 0 Å². The van der Waals surface area contributed by atoms with E-state index in [0.717, 1.165) is 26.2 Å². The Morgan fingerprint density at radius 2 is 2.00 bits per heavy atom. The van der Waals surface area contributed by atoms with Gasteiger partial charge in [0.1, 0.15) is 0 Å². The maximum atomic E-state index is 3.38. The molecule has 0 unspecified atom stereocenters. The first-order chi connectivity index (χ1) is 6.47. The topological polar surface area (TPSA) is 15.3 Å². The van der Waals surface area contributed by atoms with Gasteiger partial charge in [-0.15, -0.1) is 0 Å². The summed E-state index contributed by atoms with van der Waals surface area (Å²) < 4.78 is 0. The summed E-state index contributed by atoms with van der Waals surface area (Å²) in [4.78, 5) is 2.48. The molecule has 1 fully saturated rings. The van der Waals surface area contributed by atoms with Gasteiger partial charge < -0.3 is 10.2 Å². The van der Waals surface area contributed by atoms with Gasteiger partial charge in [-0.25, -0.2) is 0 Å². The molecular weight excluding hydrogens is 160 g/mol. The molecule has 2 rings (SSSR count). The normalized spacial score (nSPS) is 24.0. The van der Waals surface area contributed by atoms with Crippen molar-refractivity contribution in [2.75, 3.05) is 26.2 Å². The predicted octanol–water partition coefficient (Wildman–Crippen LogP) is 1.52. The molecule has 0 radical (unpaired) electrons. The molecule has 2 heteroatoms. The molecule has 1 aliphatic heterocycles. The van der Waals surface area contributed by atoms with Crippen molar-refractivity contribution in [3.8, 4) is 0 Å². The lowest BCUT2D eigenvalue weighted by molar-refractivity contribution is 0.306. The van der Waals surface area contributed by atoms with Crippen molar-refractivity contribution in [1.82, 2.24) is 10.2 Å². The third kappa shape index (κ3) is 2.34. The summed E-state index contributed by atoms with van der Waals surface area (Å²) in [7, 11) is 0. The van der Waals surface area contributed by atoms with Crippen LogP contribution in [0.3, 0.4) is 0 Å². The highest BCUT2D eigenvalue weighted by molar-refractivity contribution is 5.19. The van der Waals surface area contributed by atoms with E-state index in [2.05, 4.69) is 28.4 Å². The minimum Gasteiger partial charge on any atom is -0.369 e. The lowest BCUT2D eigenvalue weighted by Crippen LogP contribution is -2.42. The molecule has 13 heavy (non-hydrogen) atoms. The zero-order valence-electron chi connectivity index (χ0n) is 8.13. The van der Waals surface area contributed by atoms with Crippen molar-refractivity contribution in [3.05, 3.63) is 23.9 Å². The first kappa shape index (κ1) is 8.82. The second-order valence-electron chi connectivity index (χ2n) is 3.70. The average molecular weight is 178 g/mol. The molecule has 0 saturated carbocycles. The molecule has 0 bridgehead atoms. The predicted molar refractivity (Wildman–Crippen MR) is 55.5 cm³/mol. The zero-order chi connectivity index (χ0) is 8.93. The van der Waals surface area contributed by atoms with Crippen LogP contribution < -0.4 is 5.32 Å². The van der Waals surface area contributed by atoms with Gasteiger partial charge in [0.25, 0.3) is 0 Å². The summed E-state index contributed by atoms with van der Waals surface area (Å²) in [5, 5.41) is 3.38. The summed E-state index contributed by atoms with van der Waals surface area (Å²) in [6, 6.07) is 0. The van der Waals surface area contributed by atoms with Gasteiger partial charge in [0.15, 0.2) is 0 Å². The first-order valence-electron chi connectivity index (χ1n) is 5.29. The van der Waals surface area contributed by atoms with Crippen molar-refractivity contribution in [2.45, 2.75) is 19.3 Å². The molecule has 1 aliphatic carbocycles. The van der Waals surface area contributed by atoms with Crippen molar-refractivity contribution in [3.63, 3.8) is 0 Å². The third-order valence-electron chi connectivity index (χ3n) is 2.70. The van der Waals surface area contributed by atoms with Gasteiger partial charge in [0.05, 0.1) is 0 Å². The Hall–Kier alpha value is -0.760. The van der Waals surface area contributed by atoms with Gasteiger partial charge in [-0.2, -0.15) is 0 Å². The summed E-state index contributed by atoms with van der Waals surface area (Å²) in [5.74, 6) is 0. The molecule has 1 N–H and O–H groups in total. The number of nitrogens with zero attached hydrogens (tertiary/aromatic N) is 1.